The van der Waals surface area contributed by atoms with Gasteiger partial charge in [0.25, 0.3) is 5.91 Å². The first kappa shape index (κ1) is 22.1. The van der Waals surface area contributed by atoms with Crippen LogP contribution < -0.4 is 10.0 Å². The van der Waals surface area contributed by atoms with Gasteiger partial charge in [0, 0.05) is 5.92 Å². The molecule has 1 spiro atoms. The summed E-state index contributed by atoms with van der Waals surface area (Å²) in [6, 6.07) is 0. The molecule has 0 radical (unpaired) electrons. The van der Waals surface area contributed by atoms with Gasteiger partial charge in [-0.2, -0.15) is 0 Å². The van der Waals surface area contributed by atoms with Gasteiger partial charge in [0.05, 0.1) is 4.75 Å². The third kappa shape index (κ3) is 5.13. The number of allylic oxidation sites excluding steroid dienone is 1. The average Bonchev–Trinajstić information content (AvgIpc) is 3.47. The van der Waals surface area contributed by atoms with Crippen LogP contribution in [0.2, 0.25) is 0 Å². The highest BCUT2D eigenvalue weighted by Crippen LogP contribution is 2.49. The van der Waals surface area contributed by atoms with Crippen LogP contribution in [0.15, 0.2) is 12.2 Å². The first-order valence-corrected chi connectivity index (χ1v) is 12.2. The van der Waals surface area contributed by atoms with E-state index in [-0.39, 0.29) is 5.92 Å². The van der Waals surface area contributed by atoms with E-state index in [1.807, 2.05) is 12.2 Å². The standard InChI is InChI=1S/C21H34N2O5S/c1-19(2,3)28-18(25)22-21-15-16(21)11-9-7-5-4-6-8-10-12-20(13-14-20)29(26,27)23-17(21)24/h9,11,16H,4-8,10,12-15H2,1-3H3,(H,22,25)(H,23,24)/t16-,21-/m1/s1. The zero-order chi connectivity index (χ0) is 21.3. The summed E-state index contributed by atoms with van der Waals surface area (Å²) in [7, 11) is -3.79. The largest absolute Gasteiger partial charge is 0.444 e. The molecule has 0 aromatic rings. The predicted molar refractivity (Wildman–Crippen MR) is 111 cm³/mol. The minimum atomic E-state index is -3.79. The molecule has 8 heteroatoms. The van der Waals surface area contributed by atoms with Crippen molar-refractivity contribution >= 4 is 22.0 Å². The molecular weight excluding hydrogens is 392 g/mol. The van der Waals surface area contributed by atoms with Crippen molar-refractivity contribution in [1.82, 2.24) is 10.0 Å². The van der Waals surface area contributed by atoms with Crippen molar-refractivity contribution in [3.8, 4) is 0 Å². The van der Waals surface area contributed by atoms with Gasteiger partial charge in [-0.15, -0.1) is 0 Å². The van der Waals surface area contributed by atoms with Crippen molar-refractivity contribution in [3.63, 3.8) is 0 Å². The number of hydrogen-bond acceptors (Lipinski definition) is 5. The van der Waals surface area contributed by atoms with Gasteiger partial charge < -0.3 is 10.1 Å². The lowest BCUT2D eigenvalue weighted by molar-refractivity contribution is -0.122. The summed E-state index contributed by atoms with van der Waals surface area (Å²) in [5.74, 6) is -0.885. The molecule has 0 bridgehead atoms. The Hall–Kier alpha value is -1.57. The molecule has 3 rings (SSSR count). The summed E-state index contributed by atoms with van der Waals surface area (Å²) in [5.41, 5.74) is -1.97. The van der Waals surface area contributed by atoms with Crippen LogP contribution in [0.1, 0.15) is 85.0 Å². The van der Waals surface area contributed by atoms with E-state index in [1.54, 1.807) is 20.8 Å². The number of carbonyl (C=O) groups is 2. The van der Waals surface area contributed by atoms with Gasteiger partial charge in [0.15, 0.2) is 0 Å². The molecule has 0 saturated heterocycles. The summed E-state index contributed by atoms with van der Waals surface area (Å²) in [4.78, 5) is 25.4. The van der Waals surface area contributed by atoms with Gasteiger partial charge in [0.2, 0.25) is 10.0 Å². The Balaban J connectivity index is 1.80. The first-order valence-electron chi connectivity index (χ1n) is 10.7. The molecule has 7 nitrogen and oxygen atoms in total. The van der Waals surface area contributed by atoms with Gasteiger partial charge in [-0.25, -0.2) is 13.2 Å². The molecule has 0 aromatic carbocycles. The number of amides is 2. The third-order valence-electron chi connectivity index (χ3n) is 6.12. The van der Waals surface area contributed by atoms with Crippen molar-refractivity contribution in [1.29, 1.82) is 0 Å². The minimum absolute atomic E-state index is 0.231. The molecule has 3 aliphatic rings. The number of alkyl carbamates (subject to hydrolysis) is 1. The van der Waals surface area contributed by atoms with Crippen LogP contribution in [-0.4, -0.2) is 36.3 Å². The van der Waals surface area contributed by atoms with Crippen LogP contribution in [0.25, 0.3) is 0 Å². The number of sulfonamides is 1. The van der Waals surface area contributed by atoms with Crippen molar-refractivity contribution in [3.05, 3.63) is 12.2 Å². The number of nitrogens with one attached hydrogen (secondary N) is 2. The number of fused-ring (bicyclic) bond motifs is 1. The lowest BCUT2D eigenvalue weighted by Gasteiger charge is -2.24. The van der Waals surface area contributed by atoms with Crippen molar-refractivity contribution in [2.75, 3.05) is 0 Å². The quantitative estimate of drug-likeness (QED) is 0.625. The molecule has 29 heavy (non-hydrogen) atoms. The van der Waals surface area contributed by atoms with Crippen LogP contribution >= 0.6 is 0 Å². The van der Waals surface area contributed by atoms with Crippen LogP contribution in [0, 0.1) is 5.92 Å². The highest BCUT2D eigenvalue weighted by Gasteiger charge is 2.63. The maximum absolute atomic E-state index is 13.1. The molecule has 1 aliphatic heterocycles. The molecule has 2 N–H and O–H groups in total. The van der Waals surface area contributed by atoms with Crippen molar-refractivity contribution in [2.24, 2.45) is 5.92 Å². The van der Waals surface area contributed by atoms with Crippen molar-refractivity contribution < 1.29 is 22.7 Å². The number of carbonyl (C=O) groups excluding carboxylic acids is 2. The summed E-state index contributed by atoms with van der Waals surface area (Å²) < 4.78 is 32.7. The maximum atomic E-state index is 13.1. The summed E-state index contributed by atoms with van der Waals surface area (Å²) in [6.45, 7) is 5.23. The van der Waals surface area contributed by atoms with E-state index < -0.39 is 37.9 Å². The fourth-order valence-electron chi connectivity index (χ4n) is 4.08. The molecule has 164 valence electrons. The Kier molecular flexibility index (Phi) is 6.05. The smallest absolute Gasteiger partial charge is 0.408 e. The Bertz CT molecular complexity index is 779. The number of hydrogen-bond donors (Lipinski definition) is 2. The average molecular weight is 427 g/mol. The second-order valence-corrected chi connectivity index (χ2v) is 11.8. The molecule has 0 unspecified atom stereocenters. The Morgan fingerprint density at radius 1 is 1.14 bits per heavy atom. The van der Waals surface area contributed by atoms with E-state index >= 15 is 0 Å². The van der Waals surface area contributed by atoms with E-state index in [1.165, 1.54) is 0 Å². The second-order valence-electron chi connectivity index (χ2n) is 9.76. The van der Waals surface area contributed by atoms with E-state index in [0.717, 1.165) is 38.5 Å². The number of rotatable bonds is 1. The predicted octanol–water partition coefficient (Wildman–Crippen LogP) is 3.55. The molecule has 2 amide bonds. The zero-order valence-electron chi connectivity index (χ0n) is 17.8. The maximum Gasteiger partial charge on any atom is 0.408 e. The van der Waals surface area contributed by atoms with E-state index in [2.05, 4.69) is 10.0 Å². The Morgan fingerprint density at radius 3 is 2.45 bits per heavy atom. The monoisotopic (exact) mass is 426 g/mol. The molecule has 0 aromatic heterocycles. The van der Waals surface area contributed by atoms with Crippen LogP contribution in [-0.2, 0) is 19.6 Å². The molecule has 2 aliphatic carbocycles. The Labute approximate surface area is 174 Å². The highest BCUT2D eigenvalue weighted by molar-refractivity contribution is 7.91. The van der Waals surface area contributed by atoms with Crippen LogP contribution in [0.3, 0.4) is 0 Å². The lowest BCUT2D eigenvalue weighted by Crippen LogP contribution is -2.54. The normalized spacial score (nSPS) is 31.6. The van der Waals surface area contributed by atoms with E-state index in [4.69, 9.17) is 4.74 Å². The molecule has 2 atom stereocenters. The van der Waals surface area contributed by atoms with Gasteiger partial charge in [-0.05, 0) is 59.3 Å². The Morgan fingerprint density at radius 2 is 1.79 bits per heavy atom. The van der Waals surface area contributed by atoms with Gasteiger partial charge >= 0.3 is 6.09 Å². The lowest BCUT2D eigenvalue weighted by atomic mass is 10.1. The highest BCUT2D eigenvalue weighted by atomic mass is 32.2. The molecule has 2 fully saturated rings. The van der Waals surface area contributed by atoms with Crippen LogP contribution in [0.4, 0.5) is 4.79 Å². The summed E-state index contributed by atoms with van der Waals surface area (Å²) >= 11 is 0. The minimum Gasteiger partial charge on any atom is -0.444 e. The second kappa shape index (κ2) is 7.93. The van der Waals surface area contributed by atoms with Gasteiger partial charge in [-0.1, -0.05) is 37.8 Å². The number of ether oxygens (including phenoxy) is 1. The SMILES string of the molecule is CC(C)(C)OC(=O)N[C@]12C[C@H]1C=CCCCCCCCC1(CC1)S(=O)(=O)NC2=O. The fourth-order valence-corrected chi connectivity index (χ4v) is 5.78. The van der Waals surface area contributed by atoms with Crippen LogP contribution in [0.5, 0.6) is 0 Å². The zero-order valence-corrected chi connectivity index (χ0v) is 18.6. The summed E-state index contributed by atoms with van der Waals surface area (Å²) in [6.07, 6.45) is 11.5. The molecule has 1 heterocycles. The van der Waals surface area contributed by atoms with E-state index in [9.17, 15) is 18.0 Å². The fraction of sp³-hybridized carbons (Fsp3) is 0.810. The van der Waals surface area contributed by atoms with Crippen molar-refractivity contribution in [2.45, 2.75) is 101 Å². The molecular formula is C21H34N2O5S. The third-order valence-corrected chi connectivity index (χ3v) is 8.33. The first-order chi connectivity index (χ1) is 13.5. The van der Waals surface area contributed by atoms with Gasteiger partial charge in [-0.3, -0.25) is 9.52 Å². The van der Waals surface area contributed by atoms with Gasteiger partial charge in [0.1, 0.15) is 11.1 Å². The summed E-state index contributed by atoms with van der Waals surface area (Å²) in [5, 5.41) is 2.66. The topological polar surface area (TPSA) is 102 Å². The molecule has 2 saturated carbocycles. The van der Waals surface area contributed by atoms with E-state index in [0.29, 0.717) is 25.7 Å².